The van der Waals surface area contributed by atoms with Gasteiger partial charge in [0.15, 0.2) is 0 Å². The lowest BCUT2D eigenvalue weighted by Crippen LogP contribution is -2.34. The molecule has 1 saturated carbocycles. The largest absolute Gasteiger partial charge is 0.382 e. The number of amides is 1. The summed E-state index contributed by atoms with van der Waals surface area (Å²) in [4.78, 5) is 21.8. The number of ether oxygens (including phenoxy) is 1. The van der Waals surface area contributed by atoms with E-state index < -0.39 is 23.6 Å². The maximum atomic E-state index is 15.1. The number of benzene rings is 2. The molecule has 1 amide bonds. The van der Waals surface area contributed by atoms with Gasteiger partial charge in [-0.05, 0) is 84.2 Å². The molecular weight excluding hydrogens is 579 g/mol. The zero-order chi connectivity index (χ0) is 25.8. The number of nitrogens with zero attached hydrogens (tertiary/aromatic N) is 2. The summed E-state index contributed by atoms with van der Waals surface area (Å²) >= 11 is 1.98. The first-order chi connectivity index (χ1) is 17.3. The predicted molar refractivity (Wildman–Crippen MR) is 142 cm³/mol. The fraction of sp³-hybridized carbons (Fsp3) is 0.346. The van der Waals surface area contributed by atoms with E-state index in [0.29, 0.717) is 20.4 Å². The molecule has 5 N–H and O–H groups in total. The van der Waals surface area contributed by atoms with E-state index in [0.717, 1.165) is 31.4 Å². The standard InChI is InChI=1S/C26H28F2IN5O2/c1-36-19-5-2-14(3-6-19)23-13-32-25(31)24(33-23)15-4-7-20(21(28)10-15)26(35)34-22(12-30)16-8-17(27)11-18(29)9-16/h4,7-11,13-14,19,22H,2-3,5-6,12,30H2,1H3,(H2,31,32)(H,34,35)/t14-,19-,22-/m1/s1. The fourth-order valence-electron chi connectivity index (χ4n) is 4.55. The number of aromatic nitrogens is 2. The SMILES string of the molecule is CO[C@H]1CC[C@H](c2cnc(N)c(-c3ccc(C(=O)N[C@H](CN)c4cc(F)cc(I)c4)c(F)c3)n2)CC1. The van der Waals surface area contributed by atoms with E-state index in [-0.39, 0.29) is 29.9 Å². The molecule has 1 aliphatic carbocycles. The lowest BCUT2D eigenvalue weighted by atomic mass is 9.85. The minimum Gasteiger partial charge on any atom is -0.382 e. The summed E-state index contributed by atoms with van der Waals surface area (Å²) in [6.07, 6.45) is 5.68. The summed E-state index contributed by atoms with van der Waals surface area (Å²) < 4.78 is 35.0. The van der Waals surface area contributed by atoms with Gasteiger partial charge in [-0.3, -0.25) is 4.79 Å². The van der Waals surface area contributed by atoms with E-state index >= 15 is 4.39 Å². The van der Waals surface area contributed by atoms with Crippen LogP contribution in [-0.2, 0) is 4.74 Å². The molecule has 1 aromatic heterocycles. The first-order valence-corrected chi connectivity index (χ1v) is 12.8. The highest BCUT2D eigenvalue weighted by molar-refractivity contribution is 14.1. The van der Waals surface area contributed by atoms with Gasteiger partial charge >= 0.3 is 0 Å². The highest BCUT2D eigenvalue weighted by Crippen LogP contribution is 2.34. The molecule has 0 spiro atoms. The van der Waals surface area contributed by atoms with Crippen LogP contribution in [0.4, 0.5) is 14.6 Å². The molecular formula is C26H28F2IN5O2. The van der Waals surface area contributed by atoms with E-state index in [2.05, 4.69) is 10.3 Å². The number of anilines is 1. The molecule has 0 saturated heterocycles. The molecule has 1 atom stereocenters. The first-order valence-electron chi connectivity index (χ1n) is 11.7. The summed E-state index contributed by atoms with van der Waals surface area (Å²) in [5, 5.41) is 2.69. The average molecular weight is 607 g/mol. The predicted octanol–water partition coefficient (Wildman–Crippen LogP) is 4.71. The van der Waals surface area contributed by atoms with E-state index in [1.54, 1.807) is 25.4 Å². The highest BCUT2D eigenvalue weighted by atomic mass is 127. The minimum absolute atomic E-state index is 0.0240. The summed E-state index contributed by atoms with van der Waals surface area (Å²) in [6, 6.07) is 7.90. The zero-order valence-corrected chi connectivity index (χ0v) is 22.0. The van der Waals surface area contributed by atoms with Gasteiger partial charge in [0, 0.05) is 28.7 Å². The minimum atomic E-state index is -0.734. The van der Waals surface area contributed by atoms with Gasteiger partial charge in [0.2, 0.25) is 0 Å². The summed E-state index contributed by atoms with van der Waals surface area (Å²) in [5.41, 5.74) is 13.8. The number of nitrogen functional groups attached to an aromatic ring is 1. The Balaban J connectivity index is 1.54. The van der Waals surface area contributed by atoms with Crippen LogP contribution in [0.5, 0.6) is 0 Å². The van der Waals surface area contributed by atoms with Gasteiger partial charge in [-0.2, -0.15) is 0 Å². The van der Waals surface area contributed by atoms with Crippen molar-refractivity contribution in [2.45, 2.75) is 43.7 Å². The number of halogens is 3. The second-order valence-electron chi connectivity index (χ2n) is 8.90. The van der Waals surface area contributed by atoms with Crippen molar-refractivity contribution in [3.63, 3.8) is 0 Å². The van der Waals surface area contributed by atoms with Gasteiger partial charge in [0.25, 0.3) is 5.91 Å². The molecule has 1 heterocycles. The lowest BCUT2D eigenvalue weighted by molar-refractivity contribution is 0.0655. The summed E-state index contributed by atoms with van der Waals surface area (Å²) in [5.74, 6) is -1.41. The highest BCUT2D eigenvalue weighted by Gasteiger charge is 2.25. The Hall–Kier alpha value is -2.70. The molecule has 0 unspecified atom stereocenters. The number of nitrogens with two attached hydrogens (primary N) is 2. The molecule has 36 heavy (non-hydrogen) atoms. The van der Waals surface area contributed by atoms with Crippen LogP contribution >= 0.6 is 22.6 Å². The van der Waals surface area contributed by atoms with E-state index in [1.165, 1.54) is 24.3 Å². The number of methoxy groups -OCH3 is 1. The van der Waals surface area contributed by atoms with Crippen molar-refractivity contribution in [1.82, 2.24) is 15.3 Å². The van der Waals surface area contributed by atoms with Crippen LogP contribution in [0.3, 0.4) is 0 Å². The van der Waals surface area contributed by atoms with Crippen LogP contribution in [0.2, 0.25) is 0 Å². The number of carbonyl (C=O) groups is 1. The smallest absolute Gasteiger partial charge is 0.254 e. The third-order valence-electron chi connectivity index (χ3n) is 6.56. The fourth-order valence-corrected chi connectivity index (χ4v) is 5.21. The van der Waals surface area contributed by atoms with Crippen LogP contribution < -0.4 is 16.8 Å². The van der Waals surface area contributed by atoms with Crippen molar-refractivity contribution in [2.24, 2.45) is 5.73 Å². The molecule has 2 aromatic carbocycles. The Morgan fingerprint density at radius 3 is 2.58 bits per heavy atom. The van der Waals surface area contributed by atoms with Gasteiger partial charge in [-0.1, -0.05) is 6.07 Å². The summed E-state index contributed by atoms with van der Waals surface area (Å²) in [6.45, 7) is 0.0240. The zero-order valence-electron chi connectivity index (χ0n) is 19.8. The number of hydrogen-bond donors (Lipinski definition) is 3. The second-order valence-corrected chi connectivity index (χ2v) is 10.1. The van der Waals surface area contributed by atoms with Gasteiger partial charge < -0.3 is 21.5 Å². The normalized spacial score (nSPS) is 18.6. The van der Waals surface area contributed by atoms with Crippen molar-refractivity contribution < 1.29 is 18.3 Å². The van der Waals surface area contributed by atoms with Gasteiger partial charge in [0.05, 0.1) is 29.6 Å². The molecule has 0 radical (unpaired) electrons. The van der Waals surface area contributed by atoms with Crippen LogP contribution in [0.1, 0.15) is 59.3 Å². The van der Waals surface area contributed by atoms with E-state index in [1.807, 2.05) is 22.6 Å². The molecule has 7 nitrogen and oxygen atoms in total. The Morgan fingerprint density at radius 2 is 1.94 bits per heavy atom. The van der Waals surface area contributed by atoms with Crippen molar-refractivity contribution in [3.05, 3.63) is 74.6 Å². The van der Waals surface area contributed by atoms with Crippen molar-refractivity contribution in [3.8, 4) is 11.3 Å². The monoisotopic (exact) mass is 607 g/mol. The molecule has 10 heteroatoms. The van der Waals surface area contributed by atoms with Crippen molar-refractivity contribution in [2.75, 3.05) is 19.4 Å². The quantitative estimate of drug-likeness (QED) is 0.335. The second kappa shape index (κ2) is 11.6. The average Bonchev–Trinajstić information content (AvgIpc) is 2.86. The topological polar surface area (TPSA) is 116 Å². The number of nitrogens with one attached hydrogen (secondary N) is 1. The maximum Gasteiger partial charge on any atom is 0.254 e. The van der Waals surface area contributed by atoms with Gasteiger partial charge in [-0.15, -0.1) is 0 Å². The van der Waals surface area contributed by atoms with Gasteiger partial charge in [0.1, 0.15) is 23.1 Å². The van der Waals surface area contributed by atoms with Crippen LogP contribution in [-0.4, -0.2) is 35.6 Å². The third-order valence-corrected chi connectivity index (χ3v) is 7.18. The van der Waals surface area contributed by atoms with Crippen LogP contribution in [0.25, 0.3) is 11.3 Å². The molecule has 190 valence electrons. The number of rotatable bonds is 7. The van der Waals surface area contributed by atoms with Crippen LogP contribution in [0.15, 0.2) is 42.6 Å². The molecule has 4 rings (SSSR count). The van der Waals surface area contributed by atoms with Crippen molar-refractivity contribution in [1.29, 1.82) is 0 Å². The Bertz CT molecular complexity index is 1230. The third kappa shape index (κ3) is 5.98. The molecule has 0 bridgehead atoms. The maximum absolute atomic E-state index is 15.1. The Labute approximate surface area is 222 Å². The Kier molecular flexibility index (Phi) is 8.47. The summed E-state index contributed by atoms with van der Waals surface area (Å²) in [7, 11) is 1.73. The van der Waals surface area contributed by atoms with E-state index in [9.17, 15) is 9.18 Å². The molecule has 1 fully saturated rings. The number of hydrogen-bond acceptors (Lipinski definition) is 6. The number of carbonyl (C=O) groups excluding carboxylic acids is 1. The first kappa shape index (κ1) is 26.4. The van der Waals surface area contributed by atoms with Crippen molar-refractivity contribution >= 4 is 34.3 Å². The Morgan fingerprint density at radius 1 is 1.19 bits per heavy atom. The molecule has 3 aromatic rings. The molecule has 0 aliphatic heterocycles. The van der Waals surface area contributed by atoms with E-state index in [4.69, 9.17) is 21.2 Å². The molecule has 1 aliphatic rings. The van der Waals surface area contributed by atoms with Gasteiger partial charge in [-0.25, -0.2) is 18.7 Å². The lowest BCUT2D eigenvalue weighted by Gasteiger charge is -2.27. The van der Waals surface area contributed by atoms with Crippen LogP contribution in [0, 0.1) is 15.2 Å².